The van der Waals surface area contributed by atoms with Gasteiger partial charge in [-0.05, 0) is 31.2 Å². The molecule has 33 heavy (non-hydrogen) atoms. The number of carbonyl (C=O) groups is 2. The SMILES string of the molecule is Cc1ccc(S(=O)(=O)N2CCN(C(=O)C3CC(=O)N(c4ccc5c(c4)OCCO5)C3)CC2)s1. The molecule has 0 N–H and O–H groups in total. The predicted molar refractivity (Wildman–Crippen MR) is 122 cm³/mol. The Morgan fingerprint density at radius 1 is 1.03 bits per heavy atom. The number of nitrogens with zero attached hydrogens (tertiary/aromatic N) is 3. The van der Waals surface area contributed by atoms with E-state index in [0.29, 0.717) is 54.2 Å². The first kappa shape index (κ1) is 22.2. The number of carbonyl (C=O) groups excluding carboxylic acids is 2. The van der Waals surface area contributed by atoms with Crippen LogP contribution in [0.5, 0.6) is 11.5 Å². The molecule has 5 rings (SSSR count). The Morgan fingerprint density at radius 3 is 2.45 bits per heavy atom. The van der Waals surface area contributed by atoms with Crippen LogP contribution in [0.25, 0.3) is 0 Å². The number of fused-ring (bicyclic) bond motifs is 1. The number of aryl methyl sites for hydroxylation is 1. The van der Waals surface area contributed by atoms with Crippen LogP contribution in [0.1, 0.15) is 11.3 Å². The molecule has 1 aromatic heterocycles. The van der Waals surface area contributed by atoms with Crippen LogP contribution in [0.4, 0.5) is 5.69 Å². The topological polar surface area (TPSA) is 96.5 Å². The van der Waals surface area contributed by atoms with Crippen LogP contribution >= 0.6 is 11.3 Å². The van der Waals surface area contributed by atoms with E-state index in [2.05, 4.69) is 0 Å². The average Bonchev–Trinajstić information content (AvgIpc) is 3.44. The monoisotopic (exact) mass is 491 g/mol. The van der Waals surface area contributed by atoms with Gasteiger partial charge in [0.25, 0.3) is 10.0 Å². The van der Waals surface area contributed by atoms with Crippen molar-refractivity contribution in [3.63, 3.8) is 0 Å². The highest BCUT2D eigenvalue weighted by atomic mass is 32.2. The molecule has 3 aliphatic rings. The lowest BCUT2D eigenvalue weighted by molar-refractivity contribution is -0.136. The average molecular weight is 492 g/mol. The first-order chi connectivity index (χ1) is 15.8. The number of rotatable bonds is 4. The second kappa shape index (κ2) is 8.62. The standard InChI is InChI=1S/C22H25N3O6S2/c1-15-2-5-21(32-15)33(28,29)24-8-6-23(7-9-24)22(27)16-12-20(26)25(14-16)17-3-4-18-19(13-17)31-11-10-30-18/h2-5,13,16H,6-12,14H2,1H3. The Morgan fingerprint density at radius 2 is 1.76 bits per heavy atom. The van der Waals surface area contributed by atoms with Gasteiger partial charge in [0.2, 0.25) is 11.8 Å². The van der Waals surface area contributed by atoms with Gasteiger partial charge >= 0.3 is 0 Å². The first-order valence-electron chi connectivity index (χ1n) is 10.9. The minimum atomic E-state index is -3.54. The largest absolute Gasteiger partial charge is 0.486 e. The maximum absolute atomic E-state index is 13.1. The van der Waals surface area contributed by atoms with E-state index >= 15 is 0 Å². The Hall–Kier alpha value is -2.63. The van der Waals surface area contributed by atoms with E-state index in [1.165, 1.54) is 15.6 Å². The third kappa shape index (κ3) is 4.20. The number of thiophene rings is 1. The molecule has 0 saturated carbocycles. The third-order valence-electron chi connectivity index (χ3n) is 6.17. The van der Waals surface area contributed by atoms with Crippen LogP contribution in [0, 0.1) is 12.8 Å². The van der Waals surface area contributed by atoms with Crippen LogP contribution in [0.15, 0.2) is 34.5 Å². The zero-order valence-electron chi connectivity index (χ0n) is 18.2. The van der Waals surface area contributed by atoms with Crippen LogP contribution < -0.4 is 14.4 Å². The number of sulfonamides is 1. The summed E-state index contributed by atoms with van der Waals surface area (Å²) in [6, 6.07) is 8.77. The Kier molecular flexibility index (Phi) is 5.79. The maximum Gasteiger partial charge on any atom is 0.252 e. The normalized spacial score (nSPS) is 21.5. The fraction of sp³-hybridized carbons (Fsp3) is 0.455. The van der Waals surface area contributed by atoms with Gasteiger partial charge in [0.15, 0.2) is 11.5 Å². The summed E-state index contributed by atoms with van der Waals surface area (Å²) in [5, 5.41) is 0. The highest BCUT2D eigenvalue weighted by Gasteiger charge is 2.39. The Labute approximate surface area is 196 Å². The van der Waals surface area contributed by atoms with Gasteiger partial charge in [0.1, 0.15) is 17.4 Å². The van der Waals surface area contributed by atoms with Gasteiger partial charge in [-0.3, -0.25) is 9.59 Å². The molecule has 2 amide bonds. The van der Waals surface area contributed by atoms with Gasteiger partial charge in [-0.15, -0.1) is 11.3 Å². The minimum absolute atomic E-state index is 0.104. The molecule has 11 heteroatoms. The van der Waals surface area contributed by atoms with E-state index in [4.69, 9.17) is 9.47 Å². The van der Waals surface area contributed by atoms with Gasteiger partial charge in [0, 0.05) is 55.8 Å². The zero-order chi connectivity index (χ0) is 23.2. The van der Waals surface area contributed by atoms with Crippen molar-refractivity contribution in [2.45, 2.75) is 17.6 Å². The number of ether oxygens (including phenoxy) is 2. The number of hydrogen-bond acceptors (Lipinski definition) is 7. The van der Waals surface area contributed by atoms with Gasteiger partial charge in [-0.2, -0.15) is 4.31 Å². The fourth-order valence-corrected chi connectivity index (χ4v) is 7.27. The molecular weight excluding hydrogens is 466 g/mol. The lowest BCUT2D eigenvalue weighted by atomic mass is 10.1. The second-order valence-electron chi connectivity index (χ2n) is 8.33. The van der Waals surface area contributed by atoms with Crippen LogP contribution in [-0.4, -0.2) is 75.4 Å². The maximum atomic E-state index is 13.1. The number of piperazine rings is 1. The lowest BCUT2D eigenvalue weighted by Gasteiger charge is -2.35. The summed E-state index contributed by atoms with van der Waals surface area (Å²) < 4.78 is 38.6. The summed E-state index contributed by atoms with van der Waals surface area (Å²) in [6.45, 7) is 4.25. The molecule has 2 fully saturated rings. The van der Waals surface area contributed by atoms with Crippen LogP contribution in [0.3, 0.4) is 0 Å². The van der Waals surface area contributed by atoms with E-state index in [-0.39, 0.29) is 31.3 Å². The summed E-state index contributed by atoms with van der Waals surface area (Å²) >= 11 is 1.25. The zero-order valence-corrected chi connectivity index (χ0v) is 19.9. The highest BCUT2D eigenvalue weighted by Crippen LogP contribution is 2.36. The third-order valence-corrected chi connectivity index (χ3v) is 9.54. The predicted octanol–water partition coefficient (Wildman–Crippen LogP) is 1.71. The van der Waals surface area contributed by atoms with E-state index < -0.39 is 15.9 Å². The molecule has 0 aliphatic carbocycles. The van der Waals surface area contributed by atoms with Crippen molar-refractivity contribution in [2.24, 2.45) is 5.92 Å². The van der Waals surface area contributed by atoms with Gasteiger partial charge in [0.05, 0.1) is 5.92 Å². The molecular formula is C22H25N3O6S2. The van der Waals surface area contributed by atoms with E-state index in [9.17, 15) is 18.0 Å². The Bertz CT molecular complexity index is 1190. The summed E-state index contributed by atoms with van der Waals surface area (Å²) in [5.41, 5.74) is 0.682. The van der Waals surface area contributed by atoms with Gasteiger partial charge < -0.3 is 19.3 Å². The highest BCUT2D eigenvalue weighted by molar-refractivity contribution is 7.91. The van der Waals surface area contributed by atoms with Crippen LogP contribution in [0.2, 0.25) is 0 Å². The van der Waals surface area contributed by atoms with Crippen molar-refractivity contribution < 1.29 is 27.5 Å². The molecule has 0 bridgehead atoms. The van der Waals surface area contributed by atoms with E-state index in [1.54, 1.807) is 40.1 Å². The molecule has 4 heterocycles. The van der Waals surface area contributed by atoms with Crippen molar-refractivity contribution in [2.75, 3.05) is 50.8 Å². The van der Waals surface area contributed by atoms with E-state index in [1.807, 2.05) is 6.92 Å². The van der Waals surface area contributed by atoms with E-state index in [0.717, 1.165) is 4.88 Å². The van der Waals surface area contributed by atoms with Gasteiger partial charge in [-0.25, -0.2) is 8.42 Å². The number of amides is 2. The van der Waals surface area contributed by atoms with Crippen LogP contribution in [-0.2, 0) is 19.6 Å². The molecule has 1 aromatic carbocycles. The first-order valence-corrected chi connectivity index (χ1v) is 13.1. The molecule has 0 radical (unpaired) electrons. The molecule has 2 saturated heterocycles. The number of hydrogen-bond donors (Lipinski definition) is 0. The molecule has 1 unspecified atom stereocenters. The summed E-state index contributed by atoms with van der Waals surface area (Å²) in [7, 11) is -3.54. The quantitative estimate of drug-likeness (QED) is 0.646. The summed E-state index contributed by atoms with van der Waals surface area (Å²) in [4.78, 5) is 30.0. The van der Waals surface area contributed by atoms with Crippen molar-refractivity contribution in [1.82, 2.24) is 9.21 Å². The van der Waals surface area contributed by atoms with Crippen molar-refractivity contribution >= 4 is 38.9 Å². The van der Waals surface area contributed by atoms with Crippen molar-refractivity contribution in [3.8, 4) is 11.5 Å². The number of anilines is 1. The molecule has 0 spiro atoms. The van der Waals surface area contributed by atoms with Crippen molar-refractivity contribution in [1.29, 1.82) is 0 Å². The summed E-state index contributed by atoms with van der Waals surface area (Å²) in [5.74, 6) is 0.579. The smallest absolute Gasteiger partial charge is 0.252 e. The fourth-order valence-electron chi connectivity index (χ4n) is 4.41. The molecule has 9 nitrogen and oxygen atoms in total. The Balaban J connectivity index is 1.22. The van der Waals surface area contributed by atoms with Crippen molar-refractivity contribution in [3.05, 3.63) is 35.2 Å². The molecule has 2 aromatic rings. The second-order valence-corrected chi connectivity index (χ2v) is 11.8. The minimum Gasteiger partial charge on any atom is -0.486 e. The molecule has 3 aliphatic heterocycles. The molecule has 176 valence electrons. The number of benzene rings is 1. The van der Waals surface area contributed by atoms with Gasteiger partial charge in [-0.1, -0.05) is 0 Å². The molecule has 1 atom stereocenters. The summed E-state index contributed by atoms with van der Waals surface area (Å²) in [6.07, 6.45) is 0.139. The lowest BCUT2D eigenvalue weighted by Crippen LogP contribution is -2.52.